The van der Waals surface area contributed by atoms with Gasteiger partial charge in [-0.05, 0) is 37.0 Å². The lowest BCUT2D eigenvalue weighted by Gasteiger charge is -2.07. The number of aryl methyl sites for hydroxylation is 3. The van der Waals surface area contributed by atoms with Crippen LogP contribution in [0.1, 0.15) is 29.2 Å². The van der Waals surface area contributed by atoms with E-state index in [0.717, 1.165) is 28.5 Å². The molecule has 3 rings (SSSR count). The average molecular weight is 294 g/mol. The monoisotopic (exact) mass is 294 g/mol. The van der Waals surface area contributed by atoms with Gasteiger partial charge in [0.25, 0.3) is 0 Å². The number of fused-ring (bicyclic) bond motifs is 1. The molecule has 22 heavy (non-hydrogen) atoms. The molecule has 0 aliphatic rings. The molecule has 0 saturated carbocycles. The first kappa shape index (κ1) is 14.5. The third-order valence-corrected chi connectivity index (χ3v) is 4.24. The van der Waals surface area contributed by atoms with Crippen LogP contribution in [0.4, 0.5) is 0 Å². The molecular formula is C19H20NO2+. The maximum absolute atomic E-state index is 11.9. The summed E-state index contributed by atoms with van der Waals surface area (Å²) in [5, 5.41) is 1.01. The Hall–Kier alpha value is -2.42. The minimum atomic E-state index is -0.290. The largest absolute Gasteiger partial charge is 0.422 e. The molecule has 0 bridgehead atoms. The van der Waals surface area contributed by atoms with Gasteiger partial charge in [-0.2, -0.15) is 0 Å². The summed E-state index contributed by atoms with van der Waals surface area (Å²) in [5.74, 6) is 0. The normalized spacial score (nSPS) is 11.0. The van der Waals surface area contributed by atoms with Gasteiger partial charge in [0.05, 0.1) is 0 Å². The molecule has 3 aromatic rings. The SMILES string of the molecule is CCc1cc[n+](Cc2cc(=O)oc3c(C)c(C)ccc23)cc1. The quantitative estimate of drug-likeness (QED) is 0.548. The predicted molar refractivity (Wildman–Crippen MR) is 87.1 cm³/mol. The number of rotatable bonds is 3. The first-order chi connectivity index (χ1) is 10.6. The minimum absolute atomic E-state index is 0.290. The Bertz CT molecular complexity index is 876. The molecule has 0 N–H and O–H groups in total. The highest BCUT2D eigenvalue weighted by Crippen LogP contribution is 2.23. The van der Waals surface area contributed by atoms with E-state index in [2.05, 4.69) is 42.1 Å². The Labute approximate surface area is 129 Å². The zero-order chi connectivity index (χ0) is 15.7. The number of aromatic nitrogens is 1. The van der Waals surface area contributed by atoms with Crippen LogP contribution < -0.4 is 10.2 Å². The third-order valence-electron chi connectivity index (χ3n) is 4.24. The molecule has 1 aromatic carbocycles. The van der Waals surface area contributed by atoms with Gasteiger partial charge in [0.1, 0.15) is 5.58 Å². The molecule has 0 amide bonds. The Kier molecular flexibility index (Phi) is 3.80. The number of nitrogens with zero attached hydrogens (tertiary/aromatic N) is 1. The van der Waals surface area contributed by atoms with E-state index in [4.69, 9.17) is 4.42 Å². The molecule has 2 heterocycles. The molecule has 0 aliphatic carbocycles. The van der Waals surface area contributed by atoms with Crippen molar-refractivity contribution in [3.05, 3.63) is 75.4 Å². The lowest BCUT2D eigenvalue weighted by Crippen LogP contribution is -2.33. The van der Waals surface area contributed by atoms with Gasteiger partial charge in [0, 0.05) is 29.1 Å². The van der Waals surface area contributed by atoms with Crippen molar-refractivity contribution in [3.8, 4) is 0 Å². The van der Waals surface area contributed by atoms with Crippen molar-refractivity contribution in [2.45, 2.75) is 33.7 Å². The van der Waals surface area contributed by atoms with Crippen LogP contribution in [0, 0.1) is 13.8 Å². The molecule has 0 fully saturated rings. The van der Waals surface area contributed by atoms with Crippen LogP contribution in [0.5, 0.6) is 0 Å². The fourth-order valence-electron chi connectivity index (χ4n) is 2.68. The van der Waals surface area contributed by atoms with Crippen molar-refractivity contribution in [2.75, 3.05) is 0 Å². The zero-order valence-corrected chi connectivity index (χ0v) is 13.2. The van der Waals surface area contributed by atoms with Crippen molar-refractivity contribution in [2.24, 2.45) is 0 Å². The first-order valence-corrected chi connectivity index (χ1v) is 7.59. The molecular weight excluding hydrogens is 274 g/mol. The van der Waals surface area contributed by atoms with E-state index in [1.165, 1.54) is 5.56 Å². The molecule has 0 aliphatic heterocycles. The lowest BCUT2D eigenvalue weighted by atomic mass is 10.0. The second-order valence-electron chi connectivity index (χ2n) is 5.71. The molecule has 0 unspecified atom stereocenters. The van der Waals surface area contributed by atoms with E-state index >= 15 is 0 Å². The highest BCUT2D eigenvalue weighted by Gasteiger charge is 2.12. The second-order valence-corrected chi connectivity index (χ2v) is 5.71. The van der Waals surface area contributed by atoms with Crippen molar-refractivity contribution in [1.29, 1.82) is 0 Å². The Balaban J connectivity index is 2.09. The predicted octanol–water partition coefficient (Wildman–Crippen LogP) is 3.31. The van der Waals surface area contributed by atoms with E-state index in [1.807, 2.05) is 19.9 Å². The number of hydrogen-bond acceptors (Lipinski definition) is 2. The van der Waals surface area contributed by atoms with Crippen LogP contribution in [0.25, 0.3) is 11.0 Å². The zero-order valence-electron chi connectivity index (χ0n) is 13.2. The van der Waals surface area contributed by atoms with Gasteiger partial charge in [0.15, 0.2) is 18.9 Å². The molecule has 2 aromatic heterocycles. The highest BCUT2D eigenvalue weighted by molar-refractivity contribution is 5.83. The Morgan fingerprint density at radius 3 is 2.50 bits per heavy atom. The number of benzene rings is 1. The van der Waals surface area contributed by atoms with Crippen LogP contribution in [0.15, 0.2) is 51.9 Å². The number of pyridine rings is 1. The average Bonchev–Trinajstić information content (AvgIpc) is 2.52. The number of hydrogen-bond donors (Lipinski definition) is 0. The Morgan fingerprint density at radius 2 is 1.82 bits per heavy atom. The van der Waals surface area contributed by atoms with Crippen molar-refractivity contribution in [3.63, 3.8) is 0 Å². The van der Waals surface area contributed by atoms with Gasteiger partial charge in [-0.3, -0.25) is 0 Å². The van der Waals surface area contributed by atoms with Gasteiger partial charge in [-0.1, -0.05) is 19.1 Å². The van der Waals surface area contributed by atoms with Crippen molar-refractivity contribution < 1.29 is 8.98 Å². The van der Waals surface area contributed by atoms with Gasteiger partial charge in [0.2, 0.25) is 0 Å². The molecule has 0 radical (unpaired) electrons. The van der Waals surface area contributed by atoms with Crippen molar-refractivity contribution in [1.82, 2.24) is 0 Å². The smallest absolute Gasteiger partial charge is 0.336 e. The van der Waals surface area contributed by atoms with Gasteiger partial charge < -0.3 is 4.42 Å². The van der Waals surface area contributed by atoms with E-state index in [9.17, 15) is 4.79 Å². The summed E-state index contributed by atoms with van der Waals surface area (Å²) in [4.78, 5) is 11.9. The minimum Gasteiger partial charge on any atom is -0.422 e. The molecule has 3 nitrogen and oxygen atoms in total. The van der Waals surface area contributed by atoms with Gasteiger partial charge in [-0.15, -0.1) is 0 Å². The maximum Gasteiger partial charge on any atom is 0.336 e. The molecule has 0 atom stereocenters. The summed E-state index contributed by atoms with van der Waals surface area (Å²) in [5.41, 5.74) is 4.87. The summed E-state index contributed by atoms with van der Waals surface area (Å²) in [6.07, 6.45) is 5.14. The van der Waals surface area contributed by atoms with Crippen LogP contribution >= 0.6 is 0 Å². The molecule has 0 saturated heterocycles. The van der Waals surface area contributed by atoms with Crippen LogP contribution in [-0.4, -0.2) is 0 Å². The van der Waals surface area contributed by atoms with E-state index in [-0.39, 0.29) is 5.63 Å². The molecule has 112 valence electrons. The highest BCUT2D eigenvalue weighted by atomic mass is 16.4. The van der Waals surface area contributed by atoms with Crippen LogP contribution in [0.2, 0.25) is 0 Å². The summed E-state index contributed by atoms with van der Waals surface area (Å²) < 4.78 is 7.51. The Morgan fingerprint density at radius 1 is 1.09 bits per heavy atom. The summed E-state index contributed by atoms with van der Waals surface area (Å²) in [6.45, 7) is 6.82. The van der Waals surface area contributed by atoms with Crippen molar-refractivity contribution >= 4 is 11.0 Å². The fraction of sp³-hybridized carbons (Fsp3) is 0.263. The second kappa shape index (κ2) is 5.76. The van der Waals surface area contributed by atoms with Crippen LogP contribution in [-0.2, 0) is 13.0 Å². The molecule has 3 heteroatoms. The lowest BCUT2D eigenvalue weighted by molar-refractivity contribution is -0.688. The van der Waals surface area contributed by atoms with Gasteiger partial charge >= 0.3 is 5.63 Å². The third kappa shape index (κ3) is 2.67. The molecule has 0 spiro atoms. The standard InChI is InChI=1S/C19H20NO2/c1-4-15-7-9-20(10-8-15)12-16-11-18(21)22-19-14(3)13(2)5-6-17(16)19/h5-11H,4,12H2,1-3H3/q+1. The summed E-state index contributed by atoms with van der Waals surface area (Å²) >= 11 is 0. The van der Waals surface area contributed by atoms with E-state index < -0.39 is 0 Å². The van der Waals surface area contributed by atoms with Crippen LogP contribution in [0.3, 0.4) is 0 Å². The first-order valence-electron chi connectivity index (χ1n) is 7.59. The topological polar surface area (TPSA) is 34.1 Å². The summed E-state index contributed by atoms with van der Waals surface area (Å²) in [6, 6.07) is 9.94. The van der Waals surface area contributed by atoms with E-state index in [0.29, 0.717) is 12.1 Å². The summed E-state index contributed by atoms with van der Waals surface area (Å²) in [7, 11) is 0. The maximum atomic E-state index is 11.9. The van der Waals surface area contributed by atoms with Gasteiger partial charge in [-0.25, -0.2) is 9.36 Å². The fourth-order valence-corrected chi connectivity index (χ4v) is 2.68. The van der Waals surface area contributed by atoms with E-state index in [1.54, 1.807) is 6.07 Å².